The largest absolute Gasteiger partial charge is 0.573 e. The molecule has 1 aliphatic rings. The monoisotopic (exact) mass is 493 g/mol. The maximum atomic E-state index is 13.8. The number of carbonyl (C=O) groups is 1. The molecule has 1 atom stereocenters. The maximum absolute atomic E-state index is 13.8. The third-order valence-electron chi connectivity index (χ3n) is 5.08. The van der Waals surface area contributed by atoms with E-state index in [1.807, 2.05) is 0 Å². The molecule has 1 unspecified atom stereocenters. The molecule has 0 radical (unpaired) electrons. The number of amides is 1. The van der Waals surface area contributed by atoms with Gasteiger partial charge in [-0.25, -0.2) is 17.2 Å². The van der Waals surface area contributed by atoms with Gasteiger partial charge in [-0.3, -0.25) is 9.69 Å². The number of halogens is 5. The molecule has 1 amide bonds. The summed E-state index contributed by atoms with van der Waals surface area (Å²) in [6, 6.07) is 5.91. The summed E-state index contributed by atoms with van der Waals surface area (Å²) < 4.78 is 94.1. The van der Waals surface area contributed by atoms with Crippen LogP contribution >= 0.6 is 0 Å². The average molecular weight is 493 g/mol. The smallest absolute Gasteiger partial charge is 0.406 e. The predicted octanol–water partition coefficient (Wildman–Crippen LogP) is 3.20. The third-order valence-corrected chi connectivity index (χ3v) is 7.00. The van der Waals surface area contributed by atoms with E-state index in [4.69, 9.17) is 0 Å². The number of nitrogens with zero attached hydrogens (tertiary/aromatic N) is 2. The molecule has 2 aromatic rings. The van der Waals surface area contributed by atoms with E-state index in [2.05, 4.69) is 10.1 Å². The fourth-order valence-electron chi connectivity index (χ4n) is 3.29. The highest BCUT2D eigenvalue weighted by Crippen LogP contribution is 2.26. The summed E-state index contributed by atoms with van der Waals surface area (Å²) in [5.41, 5.74) is -0.174. The minimum absolute atomic E-state index is 0.0334. The van der Waals surface area contributed by atoms with Crippen LogP contribution in [0.2, 0.25) is 0 Å². The highest BCUT2D eigenvalue weighted by molar-refractivity contribution is 7.89. The Kier molecular flexibility index (Phi) is 7.24. The Hall–Kier alpha value is -2.77. The van der Waals surface area contributed by atoms with Crippen molar-refractivity contribution in [3.8, 4) is 5.75 Å². The molecule has 1 fully saturated rings. The van der Waals surface area contributed by atoms with Crippen molar-refractivity contribution < 1.29 is 39.9 Å². The molecule has 1 saturated heterocycles. The van der Waals surface area contributed by atoms with Crippen molar-refractivity contribution >= 4 is 21.6 Å². The lowest BCUT2D eigenvalue weighted by Gasteiger charge is -2.36. The normalized spacial score (nSPS) is 16.9. The second-order valence-electron chi connectivity index (χ2n) is 7.25. The van der Waals surface area contributed by atoms with E-state index in [9.17, 15) is 35.2 Å². The van der Waals surface area contributed by atoms with Gasteiger partial charge in [-0.05, 0) is 43.3 Å². The van der Waals surface area contributed by atoms with Gasteiger partial charge in [0, 0.05) is 32.2 Å². The number of nitrogens with one attached hydrogen (secondary N) is 1. The molecule has 0 saturated carbocycles. The number of hydrogen-bond donors (Lipinski definition) is 1. The zero-order valence-electron chi connectivity index (χ0n) is 17.3. The Balaban J connectivity index is 1.59. The van der Waals surface area contributed by atoms with Crippen LogP contribution in [0.3, 0.4) is 0 Å². The Morgan fingerprint density at radius 1 is 1.03 bits per heavy atom. The number of benzene rings is 2. The summed E-state index contributed by atoms with van der Waals surface area (Å²) in [5, 5.41) is 2.38. The lowest BCUT2D eigenvalue weighted by molar-refractivity contribution is -0.274. The highest BCUT2D eigenvalue weighted by Gasteiger charge is 2.33. The van der Waals surface area contributed by atoms with Crippen molar-refractivity contribution in [3.05, 3.63) is 54.1 Å². The number of carbonyl (C=O) groups excluding carboxylic acids is 1. The first-order chi connectivity index (χ1) is 15.4. The van der Waals surface area contributed by atoms with Crippen LogP contribution in [0.4, 0.5) is 27.6 Å². The highest BCUT2D eigenvalue weighted by atomic mass is 32.2. The number of piperazine rings is 1. The van der Waals surface area contributed by atoms with Crippen molar-refractivity contribution in [1.82, 2.24) is 9.21 Å². The summed E-state index contributed by atoms with van der Waals surface area (Å²) in [4.78, 5) is 13.9. The molecular formula is C20H20F5N3O4S. The Morgan fingerprint density at radius 3 is 2.18 bits per heavy atom. The van der Waals surface area contributed by atoms with Gasteiger partial charge in [0.05, 0.1) is 16.6 Å². The maximum Gasteiger partial charge on any atom is 0.573 e. The van der Waals surface area contributed by atoms with E-state index < -0.39 is 45.7 Å². The van der Waals surface area contributed by atoms with Crippen LogP contribution in [-0.2, 0) is 14.8 Å². The summed E-state index contributed by atoms with van der Waals surface area (Å²) >= 11 is 0. The van der Waals surface area contributed by atoms with Crippen molar-refractivity contribution in [2.24, 2.45) is 0 Å². The molecule has 1 heterocycles. The zero-order valence-corrected chi connectivity index (χ0v) is 18.1. The molecule has 180 valence electrons. The molecule has 7 nitrogen and oxygen atoms in total. The van der Waals surface area contributed by atoms with E-state index in [1.54, 1.807) is 11.8 Å². The number of alkyl halides is 3. The molecule has 0 spiro atoms. The van der Waals surface area contributed by atoms with E-state index in [0.717, 1.165) is 40.7 Å². The van der Waals surface area contributed by atoms with E-state index in [-0.39, 0.29) is 36.8 Å². The van der Waals surface area contributed by atoms with E-state index in [1.165, 1.54) is 0 Å². The van der Waals surface area contributed by atoms with Crippen LogP contribution in [0.5, 0.6) is 5.75 Å². The quantitative estimate of drug-likeness (QED) is 0.626. The molecule has 0 bridgehead atoms. The first kappa shape index (κ1) is 24.9. The second kappa shape index (κ2) is 9.61. The number of hydrogen-bond acceptors (Lipinski definition) is 5. The second-order valence-corrected chi connectivity index (χ2v) is 9.19. The van der Waals surface area contributed by atoms with E-state index >= 15 is 0 Å². The van der Waals surface area contributed by atoms with Crippen molar-refractivity contribution in [1.29, 1.82) is 0 Å². The zero-order chi connectivity index (χ0) is 24.4. The van der Waals surface area contributed by atoms with Crippen LogP contribution in [0.1, 0.15) is 6.92 Å². The van der Waals surface area contributed by atoms with Gasteiger partial charge >= 0.3 is 6.36 Å². The number of ether oxygens (including phenoxy) is 1. The molecule has 1 aliphatic heterocycles. The third kappa shape index (κ3) is 6.18. The molecule has 3 rings (SSSR count). The topological polar surface area (TPSA) is 79.0 Å². The van der Waals surface area contributed by atoms with Crippen LogP contribution in [0.15, 0.2) is 47.4 Å². The first-order valence-electron chi connectivity index (χ1n) is 9.73. The molecule has 33 heavy (non-hydrogen) atoms. The Bertz CT molecular complexity index is 1100. The molecule has 0 aromatic heterocycles. The minimum Gasteiger partial charge on any atom is -0.406 e. The molecule has 13 heteroatoms. The number of sulfonamides is 1. The lowest BCUT2D eigenvalue weighted by atomic mass is 10.2. The van der Waals surface area contributed by atoms with Gasteiger partial charge in [-0.2, -0.15) is 4.31 Å². The lowest BCUT2D eigenvalue weighted by Crippen LogP contribution is -2.53. The number of anilines is 1. The summed E-state index contributed by atoms with van der Waals surface area (Å²) in [5.74, 6) is -2.78. The average Bonchev–Trinajstić information content (AvgIpc) is 2.74. The van der Waals surface area contributed by atoms with Crippen LogP contribution < -0.4 is 10.1 Å². The van der Waals surface area contributed by atoms with Crippen molar-refractivity contribution in [2.45, 2.75) is 24.2 Å². The predicted molar refractivity (Wildman–Crippen MR) is 108 cm³/mol. The van der Waals surface area contributed by atoms with Gasteiger partial charge in [-0.15, -0.1) is 13.2 Å². The fourth-order valence-corrected chi connectivity index (χ4v) is 4.71. The van der Waals surface area contributed by atoms with Crippen molar-refractivity contribution in [3.63, 3.8) is 0 Å². The molecular weight excluding hydrogens is 473 g/mol. The summed E-state index contributed by atoms with van der Waals surface area (Å²) in [6.07, 6.45) is -4.89. The molecule has 0 aliphatic carbocycles. The van der Waals surface area contributed by atoms with Crippen LogP contribution in [0.25, 0.3) is 0 Å². The van der Waals surface area contributed by atoms with Crippen molar-refractivity contribution in [2.75, 3.05) is 31.5 Å². The fraction of sp³-hybridized carbons (Fsp3) is 0.350. The van der Waals surface area contributed by atoms with Gasteiger partial charge in [0.1, 0.15) is 17.4 Å². The number of rotatable bonds is 6. The van der Waals surface area contributed by atoms with Crippen LogP contribution in [0, 0.1) is 11.6 Å². The van der Waals surface area contributed by atoms with Gasteiger partial charge in [0.2, 0.25) is 15.9 Å². The van der Waals surface area contributed by atoms with Crippen LogP contribution in [-0.4, -0.2) is 62.1 Å². The van der Waals surface area contributed by atoms with Gasteiger partial charge in [0.15, 0.2) is 0 Å². The SMILES string of the molecule is CC(C(=O)Nc1ccc(F)cc1F)N1CCN(S(=O)(=O)c2ccc(OC(F)(F)F)cc2)CC1. The summed E-state index contributed by atoms with van der Waals surface area (Å²) in [7, 11) is -3.97. The standard InChI is InChI=1S/C20H20F5N3O4S/c1-13(19(29)26-18-7-2-14(21)12-17(18)22)27-8-10-28(11-9-27)33(30,31)16-5-3-15(4-6-16)32-20(23,24)25/h2-7,12-13H,8-11H2,1H3,(H,26,29). The van der Waals surface area contributed by atoms with Gasteiger partial charge < -0.3 is 10.1 Å². The Labute approximate surface area is 186 Å². The first-order valence-corrected chi connectivity index (χ1v) is 11.2. The Morgan fingerprint density at radius 2 is 1.64 bits per heavy atom. The van der Waals surface area contributed by atoms with E-state index in [0.29, 0.717) is 6.07 Å². The molecule has 1 N–H and O–H groups in total. The van der Waals surface area contributed by atoms with Gasteiger partial charge in [-0.1, -0.05) is 0 Å². The van der Waals surface area contributed by atoms with Gasteiger partial charge in [0.25, 0.3) is 0 Å². The molecule has 2 aromatic carbocycles. The summed E-state index contributed by atoms with van der Waals surface area (Å²) in [6.45, 7) is 2.02. The minimum atomic E-state index is -4.89.